The van der Waals surface area contributed by atoms with Crippen molar-refractivity contribution >= 4 is 5.78 Å². The predicted molar refractivity (Wildman–Crippen MR) is 69.7 cm³/mol. The van der Waals surface area contributed by atoms with Gasteiger partial charge in [-0.2, -0.15) is 0 Å². The summed E-state index contributed by atoms with van der Waals surface area (Å²) in [5, 5.41) is 0. The van der Waals surface area contributed by atoms with Crippen LogP contribution in [-0.4, -0.2) is 5.78 Å². The molecule has 0 atom stereocenters. The fourth-order valence-corrected chi connectivity index (χ4v) is 1.94. The smallest absolute Gasteiger partial charge is 0.335 e. The summed E-state index contributed by atoms with van der Waals surface area (Å²) < 4.78 is 0. The first kappa shape index (κ1) is 15.1. The summed E-state index contributed by atoms with van der Waals surface area (Å²) in [6.45, 7) is 1.60. The Morgan fingerprint density at radius 3 is 1.61 bits per heavy atom. The van der Waals surface area contributed by atoms with Crippen molar-refractivity contribution in [3.05, 3.63) is 78.2 Å². The quantitative estimate of drug-likeness (QED) is 0.788. The Morgan fingerprint density at radius 1 is 0.889 bits per heavy atom. The molecule has 0 radical (unpaired) electrons. The molecule has 1 nitrogen and oxygen atoms in total. The minimum atomic E-state index is 0. The maximum absolute atomic E-state index is 11.3. The van der Waals surface area contributed by atoms with Crippen molar-refractivity contribution < 1.29 is 37.5 Å². The molecule has 0 N–H and O–H groups in total. The van der Waals surface area contributed by atoms with Gasteiger partial charge in [0.05, 0.1) is 0 Å². The van der Waals surface area contributed by atoms with Crippen LogP contribution in [0.3, 0.4) is 0 Å². The number of carbonyl (C=O) groups excluding carboxylic acids is 1. The summed E-state index contributed by atoms with van der Waals surface area (Å²) >= 11 is 0. The Kier molecular flexibility index (Phi) is 6.31. The molecule has 0 aliphatic rings. The number of carbonyl (C=O) groups is 1. The Hall–Kier alpha value is -0.916. The number of Topliss-reactive ketones (excluding diaryl/α,β-unsaturated/α-hetero) is 1. The van der Waals surface area contributed by atoms with Gasteiger partial charge in [-0.1, -0.05) is 77.7 Å². The van der Waals surface area contributed by atoms with Crippen LogP contribution in [0.2, 0.25) is 0 Å². The van der Waals surface area contributed by atoms with Gasteiger partial charge in [0.25, 0.3) is 0 Å². The van der Waals surface area contributed by atoms with Crippen LogP contribution in [0.15, 0.2) is 60.7 Å². The molecule has 18 heavy (non-hydrogen) atoms. The first-order valence-electron chi connectivity index (χ1n) is 5.72. The van der Waals surface area contributed by atoms with Gasteiger partial charge in [0.1, 0.15) is 0 Å². The fourth-order valence-electron chi connectivity index (χ4n) is 1.94. The molecular weight excluding hydrogens is 297 g/mol. The number of benzene rings is 2. The van der Waals surface area contributed by atoms with Crippen LogP contribution in [0.25, 0.3) is 0 Å². The maximum Gasteiger partial charge on any atom is 3.00 e. The molecule has 0 fully saturated rings. The Bertz CT molecular complexity index is 439. The van der Waals surface area contributed by atoms with E-state index in [0.717, 1.165) is 11.1 Å². The zero-order chi connectivity index (χ0) is 12.1. The SMILES string of the molecule is CC(=O)[CH-]C(c1ccccc1)c1ccccc1.[Y+3]. The average molecular weight is 312 g/mol. The largest absolute Gasteiger partial charge is 3.00 e. The molecular formula is C16H15OY+2. The van der Waals surface area contributed by atoms with Crippen molar-refractivity contribution in [3.8, 4) is 0 Å². The molecule has 2 heteroatoms. The van der Waals surface area contributed by atoms with Crippen LogP contribution >= 0.6 is 0 Å². The Labute approximate surface area is 133 Å². The summed E-state index contributed by atoms with van der Waals surface area (Å²) in [5.41, 5.74) is 2.29. The van der Waals surface area contributed by atoms with Gasteiger partial charge < -0.3 is 11.2 Å². The van der Waals surface area contributed by atoms with Crippen LogP contribution in [-0.2, 0) is 37.5 Å². The van der Waals surface area contributed by atoms with Crippen molar-refractivity contribution in [3.63, 3.8) is 0 Å². The van der Waals surface area contributed by atoms with Gasteiger partial charge in [-0.05, 0) is 12.7 Å². The van der Waals surface area contributed by atoms with Gasteiger partial charge in [0.2, 0.25) is 0 Å². The third-order valence-corrected chi connectivity index (χ3v) is 2.72. The molecule has 2 aromatic rings. The van der Waals surface area contributed by atoms with Crippen LogP contribution in [0.4, 0.5) is 0 Å². The van der Waals surface area contributed by atoms with E-state index in [0.29, 0.717) is 0 Å². The standard InChI is InChI=1S/C16H15O.Y/c1-13(17)12-16(14-8-4-2-5-9-14)15-10-6-3-7-11-15;/h2-12,16H,1H3;/q-1;+3. The topological polar surface area (TPSA) is 17.1 Å². The van der Waals surface area contributed by atoms with Gasteiger partial charge in [-0.25, -0.2) is 0 Å². The van der Waals surface area contributed by atoms with E-state index < -0.39 is 0 Å². The molecule has 0 unspecified atom stereocenters. The first-order valence-corrected chi connectivity index (χ1v) is 5.72. The molecule has 0 amide bonds. The number of ketones is 1. The monoisotopic (exact) mass is 312 g/mol. The molecule has 2 rings (SSSR count). The minimum Gasteiger partial charge on any atom is -0.335 e. The van der Waals surface area contributed by atoms with E-state index in [9.17, 15) is 4.79 Å². The molecule has 2 aromatic carbocycles. The number of hydrogen-bond acceptors (Lipinski definition) is 1. The van der Waals surface area contributed by atoms with E-state index in [1.807, 2.05) is 36.4 Å². The van der Waals surface area contributed by atoms with Crippen LogP contribution in [0, 0.1) is 6.42 Å². The van der Waals surface area contributed by atoms with Crippen molar-refractivity contribution in [1.82, 2.24) is 0 Å². The molecule has 0 saturated carbocycles. The van der Waals surface area contributed by atoms with Crippen LogP contribution in [0.5, 0.6) is 0 Å². The normalized spacial score (nSPS) is 9.67. The van der Waals surface area contributed by atoms with Crippen molar-refractivity contribution in [2.75, 3.05) is 0 Å². The minimum absolute atomic E-state index is 0. The van der Waals surface area contributed by atoms with E-state index in [-0.39, 0.29) is 44.4 Å². The second-order valence-corrected chi connectivity index (χ2v) is 4.08. The second kappa shape index (κ2) is 7.50. The van der Waals surface area contributed by atoms with Crippen molar-refractivity contribution in [2.45, 2.75) is 12.8 Å². The Balaban J connectivity index is 0.00000162. The predicted octanol–water partition coefficient (Wildman–Crippen LogP) is 3.61. The van der Waals surface area contributed by atoms with E-state index in [1.54, 1.807) is 13.3 Å². The van der Waals surface area contributed by atoms with Crippen molar-refractivity contribution in [2.24, 2.45) is 0 Å². The van der Waals surface area contributed by atoms with Crippen LogP contribution < -0.4 is 0 Å². The zero-order valence-corrected chi connectivity index (χ0v) is 13.3. The summed E-state index contributed by atoms with van der Waals surface area (Å²) in [7, 11) is 0. The van der Waals surface area contributed by atoms with E-state index in [4.69, 9.17) is 0 Å². The van der Waals surface area contributed by atoms with Gasteiger partial charge in [-0.15, -0.1) is 0 Å². The molecule has 0 aliphatic heterocycles. The molecule has 0 heterocycles. The molecule has 86 valence electrons. The van der Waals surface area contributed by atoms with E-state index in [2.05, 4.69) is 24.3 Å². The van der Waals surface area contributed by atoms with Gasteiger partial charge in [0.15, 0.2) is 0 Å². The third-order valence-electron chi connectivity index (χ3n) is 2.72. The van der Waals surface area contributed by atoms with Crippen molar-refractivity contribution in [1.29, 1.82) is 0 Å². The third kappa shape index (κ3) is 4.08. The van der Waals surface area contributed by atoms with Gasteiger partial charge in [-0.3, -0.25) is 0 Å². The molecule has 0 bridgehead atoms. The number of rotatable bonds is 4. The first-order chi connectivity index (χ1) is 8.27. The summed E-state index contributed by atoms with van der Waals surface area (Å²) in [6.07, 6.45) is 1.77. The molecule has 0 aliphatic carbocycles. The Morgan fingerprint density at radius 2 is 1.28 bits per heavy atom. The fraction of sp³-hybridized carbons (Fsp3) is 0.125. The van der Waals surface area contributed by atoms with Crippen LogP contribution in [0.1, 0.15) is 24.0 Å². The molecule has 0 aromatic heterocycles. The van der Waals surface area contributed by atoms with Gasteiger partial charge in [0, 0.05) is 0 Å². The number of hydrogen-bond donors (Lipinski definition) is 0. The van der Waals surface area contributed by atoms with E-state index >= 15 is 0 Å². The average Bonchev–Trinajstić information content (AvgIpc) is 2.38. The summed E-state index contributed by atoms with van der Waals surface area (Å²) in [6, 6.07) is 20.2. The van der Waals surface area contributed by atoms with E-state index in [1.165, 1.54) is 0 Å². The summed E-state index contributed by atoms with van der Waals surface area (Å²) in [5.74, 6) is 0.151. The van der Waals surface area contributed by atoms with Gasteiger partial charge >= 0.3 is 32.7 Å². The molecule has 0 spiro atoms. The second-order valence-electron chi connectivity index (χ2n) is 4.08. The zero-order valence-electron chi connectivity index (χ0n) is 10.4. The maximum atomic E-state index is 11.3. The summed E-state index contributed by atoms with van der Waals surface area (Å²) in [4.78, 5) is 11.3. The molecule has 0 saturated heterocycles.